The molecular formula is C22H25F3N2O. The number of halogens is 3. The maximum atomic E-state index is 12.1. The minimum atomic E-state index is -4.69. The fraction of sp³-hybridized carbons (Fsp3) is 0.364. The number of ether oxygens (including phenoxy) is 1. The number of nitrogens with zero attached hydrogens (tertiary/aromatic N) is 2. The Morgan fingerprint density at radius 2 is 1.32 bits per heavy atom. The second-order valence-electron chi connectivity index (χ2n) is 6.51. The average Bonchev–Trinajstić information content (AvgIpc) is 2.66. The van der Waals surface area contributed by atoms with Gasteiger partial charge in [0.15, 0.2) is 0 Å². The van der Waals surface area contributed by atoms with Crippen LogP contribution in [0.25, 0.3) is 0 Å². The zero-order valence-corrected chi connectivity index (χ0v) is 16.0. The van der Waals surface area contributed by atoms with Crippen molar-refractivity contribution in [1.29, 1.82) is 0 Å². The number of hydrogen-bond acceptors (Lipinski definition) is 3. The van der Waals surface area contributed by atoms with Crippen LogP contribution in [0, 0.1) is 0 Å². The molecule has 0 aromatic heterocycles. The number of aryl methyl sites for hydroxylation is 1. The van der Waals surface area contributed by atoms with E-state index in [4.69, 9.17) is 0 Å². The van der Waals surface area contributed by atoms with Gasteiger partial charge in [0.1, 0.15) is 5.75 Å². The van der Waals surface area contributed by atoms with Gasteiger partial charge in [-0.25, -0.2) is 0 Å². The third kappa shape index (κ3) is 8.84. The average molecular weight is 390 g/mol. The molecule has 0 N–H and O–H groups in total. The van der Waals surface area contributed by atoms with E-state index in [0.717, 1.165) is 12.0 Å². The van der Waals surface area contributed by atoms with Crippen molar-refractivity contribution in [3.63, 3.8) is 0 Å². The van der Waals surface area contributed by atoms with Crippen molar-refractivity contribution in [2.75, 3.05) is 0 Å². The van der Waals surface area contributed by atoms with Crippen LogP contribution in [0.15, 0.2) is 58.7 Å². The van der Waals surface area contributed by atoms with Gasteiger partial charge in [0.05, 0.1) is 12.4 Å². The summed E-state index contributed by atoms with van der Waals surface area (Å²) in [7, 11) is 0. The summed E-state index contributed by atoms with van der Waals surface area (Å²) in [6, 6.07) is 13.6. The molecule has 0 saturated carbocycles. The zero-order valence-electron chi connectivity index (χ0n) is 16.0. The number of benzene rings is 2. The highest BCUT2D eigenvalue weighted by Crippen LogP contribution is 2.22. The van der Waals surface area contributed by atoms with E-state index in [1.54, 1.807) is 6.21 Å². The summed E-state index contributed by atoms with van der Waals surface area (Å²) in [5.74, 6) is -0.265. The van der Waals surface area contributed by atoms with E-state index in [0.29, 0.717) is 5.56 Å². The van der Waals surface area contributed by atoms with Crippen molar-refractivity contribution in [3.8, 4) is 5.75 Å². The molecule has 28 heavy (non-hydrogen) atoms. The van der Waals surface area contributed by atoms with Gasteiger partial charge in [0.2, 0.25) is 0 Å². The van der Waals surface area contributed by atoms with Crippen LogP contribution in [-0.4, -0.2) is 18.8 Å². The van der Waals surface area contributed by atoms with Crippen LogP contribution in [-0.2, 0) is 6.42 Å². The predicted octanol–water partition coefficient (Wildman–Crippen LogP) is 6.55. The van der Waals surface area contributed by atoms with E-state index >= 15 is 0 Å². The Kier molecular flexibility index (Phi) is 8.72. The van der Waals surface area contributed by atoms with Crippen LogP contribution in [0.4, 0.5) is 13.2 Å². The topological polar surface area (TPSA) is 34.0 Å². The van der Waals surface area contributed by atoms with Crippen molar-refractivity contribution >= 4 is 12.4 Å². The molecule has 150 valence electrons. The molecule has 0 amide bonds. The monoisotopic (exact) mass is 390 g/mol. The number of hydrogen-bond donors (Lipinski definition) is 0. The lowest BCUT2D eigenvalue weighted by Crippen LogP contribution is -2.16. The van der Waals surface area contributed by atoms with Gasteiger partial charge in [-0.3, -0.25) is 0 Å². The molecule has 0 fully saturated rings. The third-order valence-electron chi connectivity index (χ3n) is 4.14. The first-order chi connectivity index (χ1) is 13.5. The van der Waals surface area contributed by atoms with Crippen LogP contribution < -0.4 is 4.74 Å². The highest BCUT2D eigenvalue weighted by atomic mass is 19.4. The zero-order chi connectivity index (χ0) is 20.2. The smallest absolute Gasteiger partial charge is 0.406 e. The quantitative estimate of drug-likeness (QED) is 0.257. The van der Waals surface area contributed by atoms with Gasteiger partial charge < -0.3 is 4.74 Å². The largest absolute Gasteiger partial charge is 0.573 e. The number of alkyl halides is 3. The van der Waals surface area contributed by atoms with Crippen molar-refractivity contribution in [1.82, 2.24) is 0 Å². The third-order valence-corrected chi connectivity index (χ3v) is 4.14. The summed E-state index contributed by atoms with van der Waals surface area (Å²) in [6.45, 7) is 2.22. The fourth-order valence-electron chi connectivity index (χ4n) is 2.66. The normalized spacial score (nSPS) is 12.1. The first-order valence-corrected chi connectivity index (χ1v) is 9.47. The molecule has 3 nitrogen and oxygen atoms in total. The highest BCUT2D eigenvalue weighted by Gasteiger charge is 2.30. The van der Waals surface area contributed by atoms with E-state index in [2.05, 4.69) is 34.0 Å². The summed E-state index contributed by atoms with van der Waals surface area (Å²) < 4.78 is 40.2. The van der Waals surface area contributed by atoms with Gasteiger partial charge in [0, 0.05) is 0 Å². The predicted molar refractivity (Wildman–Crippen MR) is 107 cm³/mol. The second kappa shape index (κ2) is 11.3. The Bertz CT molecular complexity index is 751. The fourth-order valence-corrected chi connectivity index (χ4v) is 2.66. The Hall–Kier alpha value is -2.63. The Morgan fingerprint density at radius 1 is 0.786 bits per heavy atom. The SMILES string of the molecule is CCCCCCCc1ccc(/C=N/N=C/c2ccc(OC(F)(F)F)cc2)cc1. The van der Waals surface area contributed by atoms with Gasteiger partial charge >= 0.3 is 6.36 Å². The van der Waals surface area contributed by atoms with Crippen LogP contribution in [0.2, 0.25) is 0 Å². The molecule has 2 aromatic carbocycles. The van der Waals surface area contributed by atoms with E-state index in [1.165, 1.54) is 68.1 Å². The maximum absolute atomic E-state index is 12.1. The summed E-state index contributed by atoms with van der Waals surface area (Å²) >= 11 is 0. The summed E-state index contributed by atoms with van der Waals surface area (Å²) in [5.41, 5.74) is 2.89. The Morgan fingerprint density at radius 3 is 1.86 bits per heavy atom. The van der Waals surface area contributed by atoms with Gasteiger partial charge in [-0.15, -0.1) is 13.2 Å². The second-order valence-corrected chi connectivity index (χ2v) is 6.51. The molecule has 0 atom stereocenters. The molecule has 0 spiro atoms. The first kappa shape index (κ1) is 21.7. The van der Waals surface area contributed by atoms with Crippen molar-refractivity contribution in [3.05, 3.63) is 65.2 Å². The van der Waals surface area contributed by atoms with E-state index in [1.807, 2.05) is 12.1 Å². The van der Waals surface area contributed by atoms with E-state index < -0.39 is 6.36 Å². The first-order valence-electron chi connectivity index (χ1n) is 9.47. The molecule has 0 aliphatic rings. The number of rotatable bonds is 10. The van der Waals surface area contributed by atoms with E-state index in [-0.39, 0.29) is 5.75 Å². The number of unbranched alkanes of at least 4 members (excludes halogenated alkanes) is 4. The van der Waals surface area contributed by atoms with Crippen molar-refractivity contribution in [2.45, 2.75) is 51.8 Å². The minimum absolute atomic E-state index is 0.265. The maximum Gasteiger partial charge on any atom is 0.573 e. The lowest BCUT2D eigenvalue weighted by atomic mass is 10.0. The molecule has 0 radical (unpaired) electrons. The van der Waals surface area contributed by atoms with E-state index in [9.17, 15) is 13.2 Å². The van der Waals surface area contributed by atoms with Crippen LogP contribution in [0.5, 0.6) is 5.75 Å². The van der Waals surface area contributed by atoms with Gasteiger partial charge in [-0.1, -0.05) is 56.9 Å². The molecule has 2 aromatic rings. The van der Waals surface area contributed by atoms with Crippen LogP contribution >= 0.6 is 0 Å². The molecular weight excluding hydrogens is 365 g/mol. The van der Waals surface area contributed by atoms with Gasteiger partial charge in [-0.05, 0) is 53.8 Å². The minimum Gasteiger partial charge on any atom is -0.406 e. The highest BCUT2D eigenvalue weighted by molar-refractivity contribution is 5.82. The molecule has 0 heterocycles. The van der Waals surface area contributed by atoms with Gasteiger partial charge in [-0.2, -0.15) is 10.2 Å². The lowest BCUT2D eigenvalue weighted by Gasteiger charge is -2.08. The molecule has 0 bridgehead atoms. The molecule has 0 aliphatic heterocycles. The summed E-state index contributed by atoms with van der Waals surface area (Å²) in [6.07, 6.45) is 5.87. The molecule has 6 heteroatoms. The Labute approximate surface area is 164 Å². The van der Waals surface area contributed by atoms with Crippen molar-refractivity contribution in [2.24, 2.45) is 10.2 Å². The molecule has 2 rings (SSSR count). The van der Waals surface area contributed by atoms with Crippen LogP contribution in [0.3, 0.4) is 0 Å². The summed E-state index contributed by atoms with van der Waals surface area (Å²) in [4.78, 5) is 0. The molecule has 0 saturated heterocycles. The summed E-state index contributed by atoms with van der Waals surface area (Å²) in [5, 5.41) is 7.90. The lowest BCUT2D eigenvalue weighted by molar-refractivity contribution is -0.274. The standard InChI is InChI=1S/C22H25F3N2O/c1-2-3-4-5-6-7-18-8-10-19(11-9-18)16-26-27-17-20-12-14-21(15-13-20)28-22(23,24)25/h8-17H,2-7H2,1H3/b26-16+,27-17+. The van der Waals surface area contributed by atoms with Crippen molar-refractivity contribution < 1.29 is 17.9 Å². The molecule has 0 unspecified atom stereocenters. The molecule has 0 aliphatic carbocycles. The van der Waals surface area contributed by atoms with Crippen LogP contribution in [0.1, 0.15) is 55.7 Å². The Balaban J connectivity index is 1.78. The van der Waals surface area contributed by atoms with Gasteiger partial charge in [0.25, 0.3) is 0 Å².